The van der Waals surface area contributed by atoms with Crippen molar-refractivity contribution in [1.29, 1.82) is 0 Å². The minimum atomic E-state index is 0.455. The fourth-order valence-corrected chi connectivity index (χ4v) is 3.29. The van der Waals surface area contributed by atoms with E-state index in [0.717, 1.165) is 24.0 Å². The van der Waals surface area contributed by atoms with Gasteiger partial charge in [-0.3, -0.25) is 0 Å². The van der Waals surface area contributed by atoms with Crippen molar-refractivity contribution in [2.24, 2.45) is 16.7 Å². The van der Waals surface area contributed by atoms with Gasteiger partial charge in [-0.2, -0.15) is 0 Å². The first-order valence-electron chi connectivity index (χ1n) is 6.72. The van der Waals surface area contributed by atoms with Gasteiger partial charge in [0.15, 0.2) is 0 Å². The largest absolute Gasteiger partial charge is 0.312 e. The van der Waals surface area contributed by atoms with Gasteiger partial charge in [0.05, 0.1) is 0 Å². The van der Waals surface area contributed by atoms with Crippen LogP contribution in [0.1, 0.15) is 38.8 Å². The van der Waals surface area contributed by atoms with Gasteiger partial charge in [-0.15, -0.1) is 0 Å². The smallest absolute Gasteiger partial charge is 0.0453 e. The summed E-state index contributed by atoms with van der Waals surface area (Å²) in [5, 5.41) is 4.42. The molecule has 0 saturated heterocycles. The first-order valence-corrected chi connectivity index (χ1v) is 7.10. The molecular formula is C16H24ClN. The third-order valence-corrected chi connectivity index (χ3v) is 5.54. The highest BCUT2D eigenvalue weighted by Gasteiger charge is 2.63. The van der Waals surface area contributed by atoms with Crippen molar-refractivity contribution in [3.8, 4) is 0 Å². The number of hydrogen-bond acceptors (Lipinski definition) is 1. The Kier molecular flexibility index (Phi) is 3.50. The zero-order valence-corrected chi connectivity index (χ0v) is 12.9. The van der Waals surface area contributed by atoms with E-state index in [4.69, 9.17) is 11.6 Å². The van der Waals surface area contributed by atoms with E-state index in [1.807, 2.05) is 6.07 Å². The molecule has 2 heteroatoms. The van der Waals surface area contributed by atoms with Gasteiger partial charge in [0, 0.05) is 11.6 Å². The number of halogens is 1. The second-order valence-electron chi connectivity index (χ2n) is 6.72. The standard InChI is InChI=1S/C16H24ClN/c1-11-6-7-12(13(17)8-11)9-18-10-14-15(2,3)16(14,4)5/h6-8,14,18H,9-10H2,1-5H3. The summed E-state index contributed by atoms with van der Waals surface area (Å²) in [6.45, 7) is 13.4. The second kappa shape index (κ2) is 4.54. The van der Waals surface area contributed by atoms with E-state index in [2.05, 4.69) is 52.1 Å². The van der Waals surface area contributed by atoms with Crippen LogP contribution < -0.4 is 5.32 Å². The second-order valence-corrected chi connectivity index (χ2v) is 7.13. The Morgan fingerprint density at radius 3 is 2.28 bits per heavy atom. The Bertz CT molecular complexity index is 434. The van der Waals surface area contributed by atoms with Crippen LogP contribution in [0.3, 0.4) is 0 Å². The van der Waals surface area contributed by atoms with Crippen LogP contribution in [0.5, 0.6) is 0 Å². The molecule has 1 aromatic carbocycles. The first-order chi connectivity index (χ1) is 8.26. The zero-order chi connectivity index (χ0) is 13.6. The van der Waals surface area contributed by atoms with Crippen LogP contribution in [0, 0.1) is 23.7 Å². The van der Waals surface area contributed by atoms with Gasteiger partial charge in [-0.25, -0.2) is 0 Å². The average molecular weight is 266 g/mol. The van der Waals surface area contributed by atoms with Crippen LogP contribution in [-0.4, -0.2) is 6.54 Å². The molecule has 0 radical (unpaired) electrons. The maximum absolute atomic E-state index is 6.23. The molecule has 0 unspecified atom stereocenters. The molecule has 1 N–H and O–H groups in total. The molecule has 18 heavy (non-hydrogen) atoms. The third-order valence-electron chi connectivity index (χ3n) is 5.19. The average Bonchev–Trinajstić information content (AvgIpc) is 2.63. The van der Waals surface area contributed by atoms with Crippen molar-refractivity contribution in [1.82, 2.24) is 5.32 Å². The molecule has 0 amide bonds. The molecule has 100 valence electrons. The van der Waals surface area contributed by atoms with Crippen molar-refractivity contribution >= 4 is 11.6 Å². The first kappa shape index (κ1) is 13.9. The summed E-state index contributed by atoms with van der Waals surface area (Å²) in [6, 6.07) is 6.27. The molecule has 1 saturated carbocycles. The fourth-order valence-electron chi connectivity index (χ4n) is 2.99. The van der Waals surface area contributed by atoms with Crippen LogP contribution in [0.15, 0.2) is 18.2 Å². The van der Waals surface area contributed by atoms with Crippen molar-refractivity contribution in [3.63, 3.8) is 0 Å². The number of benzene rings is 1. The highest BCUT2D eigenvalue weighted by molar-refractivity contribution is 6.31. The Morgan fingerprint density at radius 1 is 1.17 bits per heavy atom. The van der Waals surface area contributed by atoms with E-state index in [1.165, 1.54) is 11.1 Å². The minimum Gasteiger partial charge on any atom is -0.312 e. The molecule has 0 heterocycles. The molecule has 0 spiro atoms. The summed E-state index contributed by atoms with van der Waals surface area (Å²) in [5.74, 6) is 0.759. The van der Waals surface area contributed by atoms with Crippen LogP contribution in [0.2, 0.25) is 5.02 Å². The van der Waals surface area contributed by atoms with Crippen LogP contribution in [-0.2, 0) is 6.54 Å². The molecule has 1 aromatic rings. The third kappa shape index (κ3) is 2.31. The van der Waals surface area contributed by atoms with Gasteiger partial charge >= 0.3 is 0 Å². The summed E-state index contributed by atoms with van der Waals surface area (Å²) < 4.78 is 0. The highest BCUT2D eigenvalue weighted by atomic mass is 35.5. The lowest BCUT2D eigenvalue weighted by molar-refractivity contribution is 0.457. The Hall–Kier alpha value is -0.530. The SMILES string of the molecule is Cc1ccc(CNCC2C(C)(C)C2(C)C)c(Cl)c1. The molecule has 1 aliphatic carbocycles. The summed E-state index contributed by atoms with van der Waals surface area (Å²) in [4.78, 5) is 0. The van der Waals surface area contributed by atoms with Gasteiger partial charge in [0.25, 0.3) is 0 Å². The highest BCUT2D eigenvalue weighted by Crippen LogP contribution is 2.67. The van der Waals surface area contributed by atoms with E-state index in [1.54, 1.807) is 0 Å². The maximum Gasteiger partial charge on any atom is 0.0453 e. The van der Waals surface area contributed by atoms with Gasteiger partial charge < -0.3 is 5.32 Å². The zero-order valence-electron chi connectivity index (χ0n) is 12.1. The van der Waals surface area contributed by atoms with Crippen LogP contribution in [0.4, 0.5) is 0 Å². The predicted octanol–water partition coefficient (Wildman–Crippen LogP) is 4.42. The molecule has 0 atom stereocenters. The Morgan fingerprint density at radius 2 is 1.78 bits per heavy atom. The predicted molar refractivity (Wildman–Crippen MR) is 78.9 cm³/mol. The van der Waals surface area contributed by atoms with Crippen molar-refractivity contribution in [2.45, 2.75) is 41.2 Å². The van der Waals surface area contributed by atoms with Gasteiger partial charge in [0.2, 0.25) is 0 Å². The lowest BCUT2D eigenvalue weighted by Crippen LogP contribution is -2.19. The molecule has 0 aromatic heterocycles. The van der Waals surface area contributed by atoms with E-state index in [-0.39, 0.29) is 0 Å². The van der Waals surface area contributed by atoms with E-state index in [0.29, 0.717) is 10.8 Å². The van der Waals surface area contributed by atoms with Gasteiger partial charge in [-0.1, -0.05) is 51.4 Å². The Balaban J connectivity index is 1.87. The topological polar surface area (TPSA) is 12.0 Å². The lowest BCUT2D eigenvalue weighted by Gasteiger charge is -2.08. The minimum absolute atomic E-state index is 0.455. The van der Waals surface area contributed by atoms with Crippen LogP contribution >= 0.6 is 11.6 Å². The van der Waals surface area contributed by atoms with Crippen molar-refractivity contribution in [2.75, 3.05) is 6.54 Å². The summed E-state index contributed by atoms with van der Waals surface area (Å²) >= 11 is 6.23. The summed E-state index contributed by atoms with van der Waals surface area (Å²) in [7, 11) is 0. The summed E-state index contributed by atoms with van der Waals surface area (Å²) in [6.07, 6.45) is 0. The molecule has 0 bridgehead atoms. The Labute approximate surface area is 116 Å². The van der Waals surface area contributed by atoms with E-state index >= 15 is 0 Å². The van der Waals surface area contributed by atoms with Crippen LogP contribution in [0.25, 0.3) is 0 Å². The lowest BCUT2D eigenvalue weighted by atomic mass is 10.0. The van der Waals surface area contributed by atoms with E-state index in [9.17, 15) is 0 Å². The monoisotopic (exact) mass is 265 g/mol. The molecule has 1 aliphatic rings. The molecular weight excluding hydrogens is 242 g/mol. The number of aryl methyl sites for hydroxylation is 1. The normalized spacial score (nSPS) is 21.0. The number of hydrogen-bond donors (Lipinski definition) is 1. The summed E-state index contributed by atoms with van der Waals surface area (Å²) in [5.41, 5.74) is 3.32. The maximum atomic E-state index is 6.23. The van der Waals surface area contributed by atoms with Crippen molar-refractivity contribution < 1.29 is 0 Å². The van der Waals surface area contributed by atoms with Gasteiger partial charge in [0.1, 0.15) is 0 Å². The molecule has 1 nitrogen and oxygen atoms in total. The fraction of sp³-hybridized carbons (Fsp3) is 0.625. The van der Waals surface area contributed by atoms with E-state index < -0.39 is 0 Å². The number of nitrogens with one attached hydrogen (secondary N) is 1. The quantitative estimate of drug-likeness (QED) is 0.850. The van der Waals surface area contributed by atoms with Crippen molar-refractivity contribution in [3.05, 3.63) is 34.3 Å². The number of rotatable bonds is 4. The molecule has 2 rings (SSSR count). The van der Waals surface area contributed by atoms with Gasteiger partial charge in [-0.05, 0) is 47.4 Å². The molecule has 1 fully saturated rings. The molecule has 0 aliphatic heterocycles.